The molecule has 3 heterocycles. The molecule has 0 saturated carbocycles. The largest absolute Gasteiger partial charge is 0.374 e. The van der Waals surface area contributed by atoms with Crippen LogP contribution in [-0.2, 0) is 4.74 Å². The van der Waals surface area contributed by atoms with Crippen molar-refractivity contribution in [2.75, 3.05) is 36.2 Å². The molecule has 19 heavy (non-hydrogen) atoms. The third-order valence-electron chi connectivity index (χ3n) is 5.02. The van der Waals surface area contributed by atoms with Gasteiger partial charge in [-0.1, -0.05) is 6.92 Å². The van der Waals surface area contributed by atoms with E-state index in [1.807, 2.05) is 0 Å². The van der Waals surface area contributed by atoms with E-state index in [1.165, 1.54) is 48.7 Å². The highest BCUT2D eigenvalue weighted by Crippen LogP contribution is 2.43. The second-order valence-electron chi connectivity index (χ2n) is 6.29. The Balaban J connectivity index is 1.66. The number of thioether (sulfide) groups is 2. The van der Waals surface area contributed by atoms with Crippen LogP contribution in [0.5, 0.6) is 0 Å². The van der Waals surface area contributed by atoms with Gasteiger partial charge >= 0.3 is 0 Å². The van der Waals surface area contributed by atoms with Gasteiger partial charge in [0.15, 0.2) is 0 Å². The second kappa shape index (κ2) is 6.59. The molecule has 0 bridgehead atoms. The molecular weight excluding hydrogens is 274 g/mol. The van der Waals surface area contributed by atoms with Crippen LogP contribution < -0.4 is 5.32 Å². The SMILES string of the molecule is CCNC(C1CCSC1)C1CCOC2(CCSC2)C1. The van der Waals surface area contributed by atoms with Gasteiger partial charge in [0.05, 0.1) is 5.60 Å². The summed E-state index contributed by atoms with van der Waals surface area (Å²) in [5.74, 6) is 7.03. The lowest BCUT2D eigenvalue weighted by molar-refractivity contribution is -0.0877. The number of ether oxygens (including phenoxy) is 1. The monoisotopic (exact) mass is 301 g/mol. The van der Waals surface area contributed by atoms with E-state index in [1.54, 1.807) is 0 Å². The van der Waals surface area contributed by atoms with E-state index in [4.69, 9.17) is 4.74 Å². The van der Waals surface area contributed by atoms with Gasteiger partial charge in [0, 0.05) is 18.4 Å². The topological polar surface area (TPSA) is 21.3 Å². The van der Waals surface area contributed by atoms with Crippen LogP contribution >= 0.6 is 23.5 Å². The standard InChI is InChI=1S/C15H27NOS2/c1-2-16-14(13-4-7-18-10-13)12-3-6-17-15(9-12)5-8-19-11-15/h12-14,16H,2-11H2,1H3. The average molecular weight is 302 g/mol. The van der Waals surface area contributed by atoms with Gasteiger partial charge in [0.2, 0.25) is 0 Å². The molecule has 3 saturated heterocycles. The Morgan fingerprint density at radius 3 is 2.89 bits per heavy atom. The molecule has 0 aromatic heterocycles. The minimum absolute atomic E-state index is 0.243. The Morgan fingerprint density at radius 2 is 2.21 bits per heavy atom. The Hall–Kier alpha value is 0.620. The van der Waals surface area contributed by atoms with Gasteiger partial charge in [0.1, 0.15) is 0 Å². The van der Waals surface area contributed by atoms with Crippen molar-refractivity contribution in [3.63, 3.8) is 0 Å². The fraction of sp³-hybridized carbons (Fsp3) is 1.00. The number of hydrogen-bond acceptors (Lipinski definition) is 4. The summed E-state index contributed by atoms with van der Waals surface area (Å²) in [4.78, 5) is 0. The smallest absolute Gasteiger partial charge is 0.0783 e. The lowest BCUT2D eigenvalue weighted by Gasteiger charge is -2.42. The van der Waals surface area contributed by atoms with Gasteiger partial charge in [-0.25, -0.2) is 0 Å². The zero-order valence-electron chi connectivity index (χ0n) is 12.0. The zero-order valence-corrected chi connectivity index (χ0v) is 13.7. The molecule has 3 aliphatic heterocycles. The van der Waals surface area contributed by atoms with E-state index >= 15 is 0 Å². The minimum Gasteiger partial charge on any atom is -0.374 e. The predicted octanol–water partition coefficient (Wildman–Crippen LogP) is 3.02. The summed E-state index contributed by atoms with van der Waals surface area (Å²) in [6.45, 7) is 4.37. The van der Waals surface area contributed by atoms with E-state index in [0.717, 1.165) is 31.0 Å². The molecule has 1 N–H and O–H groups in total. The average Bonchev–Trinajstić information content (AvgIpc) is 3.08. The summed E-state index contributed by atoms with van der Waals surface area (Å²) in [5, 5.41) is 3.82. The Bertz CT molecular complexity index is 288. The molecule has 3 rings (SSSR count). The molecule has 4 heteroatoms. The fourth-order valence-electron chi connectivity index (χ4n) is 4.03. The Kier molecular flexibility index (Phi) is 5.05. The molecule has 0 aromatic rings. The number of nitrogens with one attached hydrogen (secondary N) is 1. The third-order valence-corrected chi connectivity index (χ3v) is 7.43. The maximum absolute atomic E-state index is 6.19. The van der Waals surface area contributed by atoms with Crippen LogP contribution in [0.1, 0.15) is 32.6 Å². The Morgan fingerprint density at radius 1 is 1.26 bits per heavy atom. The molecule has 4 atom stereocenters. The molecule has 0 radical (unpaired) electrons. The summed E-state index contributed by atoms with van der Waals surface area (Å²) < 4.78 is 6.19. The van der Waals surface area contributed by atoms with E-state index < -0.39 is 0 Å². The van der Waals surface area contributed by atoms with Crippen molar-refractivity contribution in [2.24, 2.45) is 11.8 Å². The highest BCUT2D eigenvalue weighted by atomic mass is 32.2. The maximum Gasteiger partial charge on any atom is 0.0783 e. The van der Waals surface area contributed by atoms with Crippen molar-refractivity contribution in [3.8, 4) is 0 Å². The van der Waals surface area contributed by atoms with Crippen molar-refractivity contribution in [3.05, 3.63) is 0 Å². The maximum atomic E-state index is 6.19. The quantitative estimate of drug-likeness (QED) is 0.861. The van der Waals surface area contributed by atoms with Crippen molar-refractivity contribution in [1.29, 1.82) is 0 Å². The van der Waals surface area contributed by atoms with Crippen LogP contribution in [0.4, 0.5) is 0 Å². The van der Waals surface area contributed by atoms with Crippen LogP contribution in [0, 0.1) is 11.8 Å². The number of hydrogen-bond donors (Lipinski definition) is 1. The summed E-state index contributed by atoms with van der Waals surface area (Å²) in [6.07, 6.45) is 5.28. The van der Waals surface area contributed by atoms with E-state index in [2.05, 4.69) is 35.8 Å². The van der Waals surface area contributed by atoms with Crippen molar-refractivity contribution >= 4 is 23.5 Å². The van der Waals surface area contributed by atoms with Crippen LogP contribution in [0.15, 0.2) is 0 Å². The molecular formula is C15H27NOS2. The number of rotatable bonds is 4. The molecule has 0 aromatic carbocycles. The molecule has 4 unspecified atom stereocenters. The van der Waals surface area contributed by atoms with Crippen LogP contribution in [-0.4, -0.2) is 47.8 Å². The summed E-state index contributed by atoms with van der Waals surface area (Å²) in [5.41, 5.74) is 0.243. The molecule has 0 aliphatic carbocycles. The van der Waals surface area contributed by atoms with Gasteiger partial charge in [0.25, 0.3) is 0 Å². The first-order chi connectivity index (χ1) is 9.33. The second-order valence-corrected chi connectivity index (χ2v) is 8.55. The van der Waals surface area contributed by atoms with Gasteiger partial charge < -0.3 is 10.1 Å². The van der Waals surface area contributed by atoms with Crippen LogP contribution in [0.25, 0.3) is 0 Å². The third kappa shape index (κ3) is 3.28. The first-order valence-corrected chi connectivity index (χ1v) is 10.2. The molecule has 2 nitrogen and oxygen atoms in total. The zero-order chi connectivity index (χ0) is 13.1. The van der Waals surface area contributed by atoms with Gasteiger partial charge in [-0.05, 0) is 61.3 Å². The molecule has 3 fully saturated rings. The molecule has 1 spiro atoms. The molecule has 0 amide bonds. The van der Waals surface area contributed by atoms with Crippen LogP contribution in [0.2, 0.25) is 0 Å². The minimum atomic E-state index is 0.243. The Labute approximate surface area is 126 Å². The van der Waals surface area contributed by atoms with Gasteiger partial charge in [-0.3, -0.25) is 0 Å². The van der Waals surface area contributed by atoms with Crippen molar-refractivity contribution in [1.82, 2.24) is 5.32 Å². The molecule has 110 valence electrons. The highest BCUT2D eigenvalue weighted by Gasteiger charge is 2.44. The lowest BCUT2D eigenvalue weighted by Crippen LogP contribution is -2.50. The van der Waals surface area contributed by atoms with E-state index in [0.29, 0.717) is 0 Å². The fourth-order valence-corrected chi connectivity index (χ4v) is 6.72. The summed E-state index contributed by atoms with van der Waals surface area (Å²) in [6, 6.07) is 0.742. The van der Waals surface area contributed by atoms with E-state index in [9.17, 15) is 0 Å². The van der Waals surface area contributed by atoms with Crippen molar-refractivity contribution in [2.45, 2.75) is 44.2 Å². The van der Waals surface area contributed by atoms with Gasteiger partial charge in [-0.2, -0.15) is 23.5 Å². The highest BCUT2D eigenvalue weighted by molar-refractivity contribution is 7.99. The van der Waals surface area contributed by atoms with Gasteiger partial charge in [-0.15, -0.1) is 0 Å². The van der Waals surface area contributed by atoms with Crippen LogP contribution in [0.3, 0.4) is 0 Å². The first kappa shape index (κ1) is 14.6. The first-order valence-electron chi connectivity index (χ1n) is 7.86. The predicted molar refractivity (Wildman–Crippen MR) is 86.2 cm³/mol. The summed E-state index contributed by atoms with van der Waals surface area (Å²) >= 11 is 4.24. The summed E-state index contributed by atoms with van der Waals surface area (Å²) in [7, 11) is 0. The van der Waals surface area contributed by atoms with Crippen molar-refractivity contribution < 1.29 is 4.74 Å². The van der Waals surface area contributed by atoms with E-state index in [-0.39, 0.29) is 5.60 Å². The molecule has 3 aliphatic rings. The lowest BCUT2D eigenvalue weighted by atomic mass is 9.77. The normalized spacial score (nSPS) is 40.9.